The average molecular weight is 302 g/mol. The van der Waals surface area contributed by atoms with E-state index in [-0.39, 0.29) is 11.3 Å². The summed E-state index contributed by atoms with van der Waals surface area (Å²) in [6, 6.07) is 0.489. The minimum Gasteiger partial charge on any atom is -0.308 e. The Bertz CT molecular complexity index is 414. The molecular formula is C15H30N2O2S. The molecule has 5 heteroatoms. The van der Waals surface area contributed by atoms with Crippen LogP contribution in [-0.2, 0) is 9.84 Å². The molecule has 0 aromatic rings. The van der Waals surface area contributed by atoms with Gasteiger partial charge in [0.05, 0.1) is 5.75 Å². The lowest BCUT2D eigenvalue weighted by Crippen LogP contribution is -2.63. The number of hydrogen-bond acceptors (Lipinski definition) is 4. The molecule has 2 aliphatic rings. The molecule has 2 fully saturated rings. The summed E-state index contributed by atoms with van der Waals surface area (Å²) in [7, 11) is -2.87. The molecule has 1 unspecified atom stereocenters. The van der Waals surface area contributed by atoms with E-state index in [4.69, 9.17) is 0 Å². The molecule has 1 aliphatic carbocycles. The molecule has 1 aliphatic heterocycles. The van der Waals surface area contributed by atoms with Gasteiger partial charge < -0.3 is 5.32 Å². The van der Waals surface area contributed by atoms with Crippen LogP contribution in [0.4, 0.5) is 0 Å². The van der Waals surface area contributed by atoms with Gasteiger partial charge in [-0.1, -0.05) is 26.7 Å². The van der Waals surface area contributed by atoms with Crippen LogP contribution in [-0.4, -0.2) is 56.5 Å². The minimum atomic E-state index is -2.87. The van der Waals surface area contributed by atoms with Crippen molar-refractivity contribution in [3.05, 3.63) is 0 Å². The summed E-state index contributed by atoms with van der Waals surface area (Å²) in [5, 5.41) is 3.79. The number of rotatable bonds is 5. The van der Waals surface area contributed by atoms with E-state index in [1.807, 2.05) is 0 Å². The second-order valence-electron chi connectivity index (χ2n) is 7.25. The van der Waals surface area contributed by atoms with Crippen LogP contribution >= 0.6 is 0 Å². The Morgan fingerprint density at radius 1 is 1.30 bits per heavy atom. The van der Waals surface area contributed by atoms with Crippen LogP contribution in [0.25, 0.3) is 0 Å². The molecule has 0 amide bonds. The lowest BCUT2D eigenvalue weighted by atomic mass is 9.90. The lowest BCUT2D eigenvalue weighted by molar-refractivity contribution is 0.0749. The van der Waals surface area contributed by atoms with Gasteiger partial charge in [0.25, 0.3) is 0 Å². The number of piperazine rings is 1. The molecule has 20 heavy (non-hydrogen) atoms. The van der Waals surface area contributed by atoms with Crippen LogP contribution in [0.1, 0.15) is 46.0 Å². The second-order valence-corrected chi connectivity index (χ2v) is 9.51. The van der Waals surface area contributed by atoms with E-state index in [0.717, 1.165) is 19.5 Å². The molecular weight excluding hydrogens is 272 g/mol. The van der Waals surface area contributed by atoms with Crippen LogP contribution in [0, 0.1) is 5.92 Å². The van der Waals surface area contributed by atoms with Crippen molar-refractivity contribution >= 4 is 9.84 Å². The fraction of sp³-hybridized carbons (Fsp3) is 1.00. The summed E-state index contributed by atoms with van der Waals surface area (Å²) in [5.41, 5.74) is 0.269. The topological polar surface area (TPSA) is 49.4 Å². The summed E-state index contributed by atoms with van der Waals surface area (Å²) in [6.07, 6.45) is 7.60. The first-order valence-electron chi connectivity index (χ1n) is 7.96. The van der Waals surface area contributed by atoms with E-state index in [2.05, 4.69) is 24.1 Å². The van der Waals surface area contributed by atoms with Crippen molar-refractivity contribution in [1.82, 2.24) is 10.2 Å². The first-order chi connectivity index (χ1) is 9.30. The summed E-state index contributed by atoms with van der Waals surface area (Å²) in [6.45, 7) is 7.23. The summed E-state index contributed by atoms with van der Waals surface area (Å²) in [4.78, 5) is 2.45. The van der Waals surface area contributed by atoms with Crippen LogP contribution in [0.15, 0.2) is 0 Å². The summed E-state index contributed by atoms with van der Waals surface area (Å²) < 4.78 is 22.9. The zero-order valence-electron chi connectivity index (χ0n) is 13.2. The SMILES string of the molecule is CC(C)CC1CNC2(CCCC2)CN1CCS(C)(=O)=O. The third-order valence-electron chi connectivity index (χ3n) is 4.79. The van der Waals surface area contributed by atoms with E-state index in [9.17, 15) is 8.42 Å². The van der Waals surface area contributed by atoms with E-state index in [0.29, 0.717) is 18.5 Å². The fourth-order valence-corrected chi connectivity index (χ4v) is 4.31. The highest BCUT2D eigenvalue weighted by Crippen LogP contribution is 2.34. The monoisotopic (exact) mass is 302 g/mol. The van der Waals surface area contributed by atoms with Gasteiger partial charge in [0.2, 0.25) is 0 Å². The molecule has 1 heterocycles. The normalized spacial score (nSPS) is 27.5. The standard InChI is InChI=1S/C15H30N2O2S/c1-13(2)10-14-11-16-15(6-4-5-7-15)12-17(14)8-9-20(3,18)19/h13-14,16H,4-12H2,1-3H3. The smallest absolute Gasteiger partial charge is 0.148 e. The van der Waals surface area contributed by atoms with Gasteiger partial charge in [-0.2, -0.15) is 0 Å². The Morgan fingerprint density at radius 2 is 1.95 bits per heavy atom. The molecule has 1 saturated carbocycles. The highest BCUT2D eigenvalue weighted by Gasteiger charge is 2.40. The third-order valence-corrected chi connectivity index (χ3v) is 5.71. The highest BCUT2D eigenvalue weighted by molar-refractivity contribution is 7.90. The van der Waals surface area contributed by atoms with Crippen molar-refractivity contribution in [1.29, 1.82) is 0 Å². The second kappa shape index (κ2) is 6.32. The average Bonchev–Trinajstić information content (AvgIpc) is 2.77. The van der Waals surface area contributed by atoms with Gasteiger partial charge in [0, 0.05) is 37.5 Å². The Hall–Kier alpha value is -0.130. The molecule has 0 radical (unpaired) electrons. The van der Waals surface area contributed by atoms with Crippen molar-refractivity contribution < 1.29 is 8.42 Å². The molecule has 118 valence electrons. The van der Waals surface area contributed by atoms with Crippen LogP contribution < -0.4 is 5.32 Å². The van der Waals surface area contributed by atoms with Crippen molar-refractivity contribution in [2.75, 3.05) is 31.6 Å². The Morgan fingerprint density at radius 3 is 2.50 bits per heavy atom. The zero-order chi connectivity index (χ0) is 14.8. The van der Waals surface area contributed by atoms with Gasteiger partial charge >= 0.3 is 0 Å². The molecule has 1 saturated heterocycles. The van der Waals surface area contributed by atoms with E-state index >= 15 is 0 Å². The maximum atomic E-state index is 11.5. The number of nitrogens with zero attached hydrogens (tertiary/aromatic N) is 1. The Labute approximate surface area is 124 Å². The largest absolute Gasteiger partial charge is 0.308 e. The van der Waals surface area contributed by atoms with E-state index < -0.39 is 9.84 Å². The van der Waals surface area contributed by atoms with Crippen LogP contribution in [0.5, 0.6) is 0 Å². The molecule has 0 aromatic carbocycles. The molecule has 1 spiro atoms. The van der Waals surface area contributed by atoms with Gasteiger partial charge in [-0.05, 0) is 25.2 Å². The van der Waals surface area contributed by atoms with Crippen molar-refractivity contribution in [2.45, 2.75) is 57.5 Å². The fourth-order valence-electron chi connectivity index (χ4n) is 3.75. The quantitative estimate of drug-likeness (QED) is 0.839. The lowest BCUT2D eigenvalue weighted by Gasteiger charge is -2.47. The van der Waals surface area contributed by atoms with Crippen molar-refractivity contribution in [3.8, 4) is 0 Å². The minimum absolute atomic E-state index is 0.269. The highest BCUT2D eigenvalue weighted by atomic mass is 32.2. The van der Waals surface area contributed by atoms with Gasteiger partial charge in [-0.3, -0.25) is 4.90 Å². The van der Waals surface area contributed by atoms with Gasteiger partial charge in [-0.25, -0.2) is 8.42 Å². The molecule has 0 bridgehead atoms. The third kappa shape index (κ3) is 4.43. The number of nitrogens with one attached hydrogen (secondary N) is 1. The van der Waals surface area contributed by atoms with Gasteiger partial charge in [0.1, 0.15) is 9.84 Å². The first-order valence-corrected chi connectivity index (χ1v) is 10.0. The van der Waals surface area contributed by atoms with Gasteiger partial charge in [0.15, 0.2) is 0 Å². The van der Waals surface area contributed by atoms with E-state index in [1.165, 1.54) is 31.9 Å². The molecule has 4 nitrogen and oxygen atoms in total. The van der Waals surface area contributed by atoms with Crippen molar-refractivity contribution in [2.24, 2.45) is 5.92 Å². The summed E-state index contributed by atoms with van der Waals surface area (Å²) in [5.74, 6) is 0.942. The van der Waals surface area contributed by atoms with Crippen LogP contribution in [0.3, 0.4) is 0 Å². The molecule has 2 rings (SSSR count). The molecule has 1 N–H and O–H groups in total. The predicted molar refractivity (Wildman–Crippen MR) is 83.7 cm³/mol. The van der Waals surface area contributed by atoms with Gasteiger partial charge in [-0.15, -0.1) is 0 Å². The number of sulfone groups is 1. The van der Waals surface area contributed by atoms with E-state index in [1.54, 1.807) is 0 Å². The maximum Gasteiger partial charge on any atom is 0.148 e. The molecule has 1 atom stereocenters. The van der Waals surface area contributed by atoms with Crippen molar-refractivity contribution in [3.63, 3.8) is 0 Å². The Balaban J connectivity index is 2.02. The predicted octanol–water partition coefficient (Wildman–Crippen LogP) is 1.66. The summed E-state index contributed by atoms with van der Waals surface area (Å²) >= 11 is 0. The number of hydrogen-bond donors (Lipinski definition) is 1. The first kappa shape index (κ1) is 16.2. The van der Waals surface area contributed by atoms with Crippen LogP contribution in [0.2, 0.25) is 0 Å². The Kier molecular flexibility index (Phi) is 5.14. The zero-order valence-corrected chi connectivity index (χ0v) is 14.0. The molecule has 0 aromatic heterocycles. The maximum absolute atomic E-state index is 11.5.